The number of benzene rings is 2. The summed E-state index contributed by atoms with van der Waals surface area (Å²) in [6.07, 6.45) is 3.42. The molecule has 1 aliphatic carbocycles. The molecule has 1 saturated carbocycles. The number of ether oxygens (including phenoxy) is 2. The van der Waals surface area contributed by atoms with E-state index in [1.54, 1.807) is 6.08 Å². The normalized spacial score (nSPS) is 14.4. The molecule has 0 radical (unpaired) electrons. The predicted octanol–water partition coefficient (Wildman–Crippen LogP) is 4.81. The van der Waals surface area contributed by atoms with E-state index in [0.29, 0.717) is 38.2 Å². The first-order valence-corrected chi connectivity index (χ1v) is 11.5. The lowest BCUT2D eigenvalue weighted by molar-refractivity contribution is 0.0226. The molecule has 33 heavy (non-hydrogen) atoms. The van der Waals surface area contributed by atoms with Crippen LogP contribution in [-0.4, -0.2) is 51.7 Å². The quantitative estimate of drug-likeness (QED) is 0.319. The van der Waals surface area contributed by atoms with Crippen molar-refractivity contribution >= 4 is 0 Å². The standard InChI is InChI=1S/C27H33N3O3/c1-4-15-32-19-24(31)17-29(22-13-14-22)18-26-21(3)28-30(23-10-6-5-7-11-23)27(26)33-25-12-8-9-20(2)16-25/h4-12,16,22,24,31H,1,13-15,17-19H2,2-3H3/t24-/m1/s1. The topological polar surface area (TPSA) is 59.8 Å². The fourth-order valence-corrected chi connectivity index (χ4v) is 3.96. The monoisotopic (exact) mass is 447 g/mol. The van der Waals surface area contributed by atoms with E-state index < -0.39 is 6.10 Å². The number of nitrogens with zero attached hydrogens (tertiary/aromatic N) is 3. The molecule has 1 fully saturated rings. The average Bonchev–Trinajstić information content (AvgIpc) is 3.61. The maximum atomic E-state index is 10.5. The van der Waals surface area contributed by atoms with Gasteiger partial charge < -0.3 is 14.6 Å². The van der Waals surface area contributed by atoms with E-state index in [1.165, 1.54) is 0 Å². The molecule has 1 heterocycles. The third kappa shape index (κ3) is 6.11. The highest BCUT2D eigenvalue weighted by molar-refractivity contribution is 5.43. The number of aromatic nitrogens is 2. The Morgan fingerprint density at radius 2 is 1.97 bits per heavy atom. The third-order valence-corrected chi connectivity index (χ3v) is 5.76. The molecule has 1 atom stereocenters. The van der Waals surface area contributed by atoms with Gasteiger partial charge in [0.15, 0.2) is 0 Å². The summed E-state index contributed by atoms with van der Waals surface area (Å²) in [5.74, 6) is 1.50. The molecule has 174 valence electrons. The third-order valence-electron chi connectivity index (χ3n) is 5.76. The van der Waals surface area contributed by atoms with E-state index in [0.717, 1.165) is 41.1 Å². The van der Waals surface area contributed by atoms with Crippen molar-refractivity contribution in [3.63, 3.8) is 0 Å². The number of aliphatic hydroxyl groups is 1. The summed E-state index contributed by atoms with van der Waals surface area (Å²) in [6, 6.07) is 18.6. The molecule has 6 heteroatoms. The van der Waals surface area contributed by atoms with Gasteiger partial charge in [-0.3, -0.25) is 4.90 Å². The van der Waals surface area contributed by atoms with Crippen LogP contribution in [0.15, 0.2) is 67.3 Å². The number of rotatable bonds is 12. The smallest absolute Gasteiger partial charge is 0.227 e. The molecule has 2 aromatic carbocycles. The number of hydrogen-bond donors (Lipinski definition) is 1. The molecule has 4 rings (SSSR count). The van der Waals surface area contributed by atoms with Crippen LogP contribution >= 0.6 is 0 Å². The van der Waals surface area contributed by atoms with Crippen molar-refractivity contribution in [3.05, 3.63) is 84.1 Å². The second-order valence-corrected chi connectivity index (χ2v) is 8.68. The van der Waals surface area contributed by atoms with Crippen LogP contribution < -0.4 is 4.74 Å². The lowest BCUT2D eigenvalue weighted by Crippen LogP contribution is -2.36. The first kappa shape index (κ1) is 23.2. The summed E-state index contributed by atoms with van der Waals surface area (Å²) in [7, 11) is 0. The Morgan fingerprint density at radius 1 is 1.18 bits per heavy atom. The lowest BCUT2D eigenvalue weighted by Gasteiger charge is -2.25. The maximum absolute atomic E-state index is 10.5. The van der Waals surface area contributed by atoms with Crippen LogP contribution in [0.25, 0.3) is 5.69 Å². The number of aliphatic hydroxyl groups excluding tert-OH is 1. The van der Waals surface area contributed by atoms with E-state index in [1.807, 2.05) is 60.1 Å². The summed E-state index contributed by atoms with van der Waals surface area (Å²) >= 11 is 0. The Hall–Kier alpha value is -2.93. The molecule has 0 spiro atoms. The van der Waals surface area contributed by atoms with Gasteiger partial charge in [-0.25, -0.2) is 4.68 Å². The van der Waals surface area contributed by atoms with Crippen molar-refractivity contribution in [2.45, 2.75) is 45.4 Å². The van der Waals surface area contributed by atoms with Gasteiger partial charge in [-0.1, -0.05) is 36.4 Å². The molecular weight excluding hydrogens is 414 g/mol. The summed E-state index contributed by atoms with van der Waals surface area (Å²) < 4.78 is 13.8. The highest BCUT2D eigenvalue weighted by atomic mass is 16.5. The number of aryl methyl sites for hydroxylation is 2. The molecular formula is C27H33N3O3. The van der Waals surface area contributed by atoms with Gasteiger partial charge in [0.2, 0.25) is 5.88 Å². The predicted molar refractivity (Wildman–Crippen MR) is 130 cm³/mol. The Morgan fingerprint density at radius 3 is 2.67 bits per heavy atom. The SMILES string of the molecule is C=CCOC[C@H](O)CN(Cc1c(C)nn(-c2ccccc2)c1Oc1cccc(C)c1)C1CC1. The van der Waals surface area contributed by atoms with Gasteiger partial charge in [0.1, 0.15) is 5.75 Å². The molecule has 3 aromatic rings. The highest BCUT2D eigenvalue weighted by Crippen LogP contribution is 2.35. The molecule has 0 saturated heterocycles. The van der Waals surface area contributed by atoms with Gasteiger partial charge >= 0.3 is 0 Å². The fraction of sp³-hybridized carbons (Fsp3) is 0.370. The molecule has 1 N–H and O–H groups in total. The van der Waals surface area contributed by atoms with Gasteiger partial charge in [0, 0.05) is 19.1 Å². The van der Waals surface area contributed by atoms with Crippen molar-refractivity contribution in [1.82, 2.24) is 14.7 Å². The van der Waals surface area contributed by atoms with E-state index in [9.17, 15) is 5.11 Å². The second kappa shape index (κ2) is 10.8. The fourth-order valence-electron chi connectivity index (χ4n) is 3.96. The number of hydrogen-bond acceptors (Lipinski definition) is 5. The van der Waals surface area contributed by atoms with Crippen LogP contribution in [0.5, 0.6) is 11.6 Å². The van der Waals surface area contributed by atoms with Crippen LogP contribution in [0, 0.1) is 13.8 Å². The van der Waals surface area contributed by atoms with Crippen LogP contribution in [0.1, 0.15) is 29.7 Å². The molecule has 6 nitrogen and oxygen atoms in total. The first-order chi connectivity index (χ1) is 16.0. The zero-order valence-electron chi connectivity index (χ0n) is 19.5. The molecule has 0 aliphatic heterocycles. The Balaban J connectivity index is 1.63. The minimum absolute atomic E-state index is 0.296. The Labute approximate surface area is 196 Å². The summed E-state index contributed by atoms with van der Waals surface area (Å²) in [6.45, 7) is 9.67. The van der Waals surface area contributed by atoms with Crippen LogP contribution in [0.2, 0.25) is 0 Å². The van der Waals surface area contributed by atoms with E-state index in [4.69, 9.17) is 14.6 Å². The Kier molecular flexibility index (Phi) is 7.60. The molecule has 0 amide bonds. The van der Waals surface area contributed by atoms with Gasteiger partial charge in [0.25, 0.3) is 0 Å². The molecule has 0 unspecified atom stereocenters. The van der Waals surface area contributed by atoms with Gasteiger partial charge in [-0.05, 0) is 56.5 Å². The summed E-state index contributed by atoms with van der Waals surface area (Å²) in [5.41, 5.74) is 4.04. The summed E-state index contributed by atoms with van der Waals surface area (Å²) in [4.78, 5) is 2.32. The second-order valence-electron chi connectivity index (χ2n) is 8.68. The maximum Gasteiger partial charge on any atom is 0.227 e. The van der Waals surface area contributed by atoms with Crippen molar-refractivity contribution < 1.29 is 14.6 Å². The zero-order valence-corrected chi connectivity index (χ0v) is 19.5. The Bertz CT molecular complexity index is 1060. The van der Waals surface area contributed by atoms with E-state index in [2.05, 4.69) is 24.5 Å². The van der Waals surface area contributed by atoms with Crippen molar-refractivity contribution in [2.75, 3.05) is 19.8 Å². The van der Waals surface area contributed by atoms with Crippen LogP contribution in [-0.2, 0) is 11.3 Å². The zero-order chi connectivity index (χ0) is 23.2. The van der Waals surface area contributed by atoms with Gasteiger partial charge in [-0.15, -0.1) is 6.58 Å². The minimum Gasteiger partial charge on any atom is -0.439 e. The van der Waals surface area contributed by atoms with Gasteiger partial charge in [-0.2, -0.15) is 5.10 Å². The van der Waals surface area contributed by atoms with Gasteiger partial charge in [0.05, 0.1) is 36.3 Å². The summed E-state index contributed by atoms with van der Waals surface area (Å²) in [5, 5.41) is 15.4. The molecule has 1 aliphatic rings. The molecule has 1 aromatic heterocycles. The van der Waals surface area contributed by atoms with Crippen LogP contribution in [0.4, 0.5) is 0 Å². The number of para-hydroxylation sites is 1. The average molecular weight is 448 g/mol. The first-order valence-electron chi connectivity index (χ1n) is 11.5. The highest BCUT2D eigenvalue weighted by Gasteiger charge is 2.32. The van der Waals surface area contributed by atoms with E-state index >= 15 is 0 Å². The lowest BCUT2D eigenvalue weighted by atomic mass is 10.2. The van der Waals surface area contributed by atoms with Crippen molar-refractivity contribution in [1.29, 1.82) is 0 Å². The van der Waals surface area contributed by atoms with Crippen LogP contribution in [0.3, 0.4) is 0 Å². The minimum atomic E-state index is -0.559. The van der Waals surface area contributed by atoms with E-state index in [-0.39, 0.29) is 0 Å². The molecule has 0 bridgehead atoms. The largest absolute Gasteiger partial charge is 0.439 e. The van der Waals surface area contributed by atoms with Crippen molar-refractivity contribution in [3.8, 4) is 17.3 Å². The van der Waals surface area contributed by atoms with Crippen molar-refractivity contribution in [2.24, 2.45) is 0 Å².